The van der Waals surface area contributed by atoms with E-state index in [4.69, 9.17) is 13.9 Å². The number of hydrogen-bond acceptors (Lipinski definition) is 7. The minimum absolute atomic E-state index is 0.336. The van der Waals surface area contributed by atoms with Crippen LogP contribution in [0.15, 0.2) is 77.4 Å². The topological polar surface area (TPSA) is 72.7 Å². The van der Waals surface area contributed by atoms with Crippen LogP contribution in [0.3, 0.4) is 0 Å². The fraction of sp³-hybridized carbons (Fsp3) is 0.267. The molecule has 6 rings (SSSR count). The average Bonchev–Trinajstić information content (AvgIpc) is 3.42. The Bertz CT molecular complexity index is 1520. The molecule has 0 amide bonds. The summed E-state index contributed by atoms with van der Waals surface area (Å²) in [6.45, 7) is 3.00. The van der Waals surface area contributed by atoms with Crippen LogP contribution in [0.25, 0.3) is 33.0 Å². The molecular formula is C30H30N4O3. The molecule has 188 valence electrons. The summed E-state index contributed by atoms with van der Waals surface area (Å²) in [5.74, 6) is 2.41. The van der Waals surface area contributed by atoms with Gasteiger partial charge in [-0.3, -0.25) is 4.90 Å². The number of aromatic nitrogens is 2. The monoisotopic (exact) mass is 494 g/mol. The van der Waals surface area contributed by atoms with E-state index in [-0.39, 0.29) is 0 Å². The molecule has 0 saturated carbocycles. The van der Waals surface area contributed by atoms with Crippen LogP contribution in [-0.4, -0.2) is 48.4 Å². The van der Waals surface area contributed by atoms with Gasteiger partial charge in [-0.25, -0.2) is 0 Å². The van der Waals surface area contributed by atoms with E-state index in [2.05, 4.69) is 44.7 Å². The number of methoxy groups -OCH3 is 2. The van der Waals surface area contributed by atoms with Gasteiger partial charge in [0.15, 0.2) is 5.82 Å². The van der Waals surface area contributed by atoms with Crippen molar-refractivity contribution in [2.75, 3.05) is 32.6 Å². The normalized spacial score (nSPS) is 14.8. The molecular weight excluding hydrogens is 464 g/mol. The lowest BCUT2D eigenvalue weighted by atomic mass is 10.0. The van der Waals surface area contributed by atoms with Crippen molar-refractivity contribution in [3.05, 3.63) is 78.6 Å². The van der Waals surface area contributed by atoms with Crippen LogP contribution < -0.4 is 14.8 Å². The first-order valence-electron chi connectivity index (χ1n) is 12.6. The average molecular weight is 495 g/mol. The third-order valence-corrected chi connectivity index (χ3v) is 7.20. The van der Waals surface area contributed by atoms with Crippen LogP contribution >= 0.6 is 0 Å². The van der Waals surface area contributed by atoms with E-state index >= 15 is 0 Å². The highest BCUT2D eigenvalue weighted by atomic mass is 16.5. The summed E-state index contributed by atoms with van der Waals surface area (Å²) >= 11 is 0. The molecule has 0 atom stereocenters. The van der Waals surface area contributed by atoms with Crippen molar-refractivity contribution in [2.24, 2.45) is 0 Å². The first-order valence-corrected chi connectivity index (χ1v) is 12.6. The van der Waals surface area contributed by atoms with E-state index in [1.165, 1.54) is 5.56 Å². The van der Waals surface area contributed by atoms with Gasteiger partial charge in [0.1, 0.15) is 22.8 Å². The number of nitrogens with zero attached hydrogens (tertiary/aromatic N) is 3. The molecule has 7 heteroatoms. The Balaban J connectivity index is 1.19. The van der Waals surface area contributed by atoms with Crippen LogP contribution in [0.1, 0.15) is 18.4 Å². The zero-order valence-electron chi connectivity index (χ0n) is 21.1. The molecule has 2 aromatic heterocycles. The number of anilines is 1. The highest BCUT2D eigenvalue weighted by Gasteiger charge is 2.21. The van der Waals surface area contributed by atoms with Gasteiger partial charge in [-0.1, -0.05) is 6.07 Å². The summed E-state index contributed by atoms with van der Waals surface area (Å²) in [5, 5.41) is 16.2. The van der Waals surface area contributed by atoms with E-state index < -0.39 is 0 Å². The third-order valence-electron chi connectivity index (χ3n) is 7.20. The summed E-state index contributed by atoms with van der Waals surface area (Å²) in [6, 6.07) is 22.8. The van der Waals surface area contributed by atoms with Gasteiger partial charge >= 0.3 is 0 Å². The SMILES string of the molecule is COc1ccc(-c2nnc(NC3CCN(Cc4ccc5occc5c4)CC3)c3cc(OC)ccc23)cc1. The Hall–Kier alpha value is -4.10. The van der Waals surface area contributed by atoms with Gasteiger partial charge in [0, 0.05) is 47.4 Å². The molecule has 1 N–H and O–H groups in total. The second-order valence-electron chi connectivity index (χ2n) is 9.52. The van der Waals surface area contributed by atoms with Crippen LogP contribution in [0.2, 0.25) is 0 Å². The highest BCUT2D eigenvalue weighted by Crippen LogP contribution is 2.34. The molecule has 0 aliphatic carbocycles. The molecule has 3 heterocycles. The summed E-state index contributed by atoms with van der Waals surface area (Å²) in [7, 11) is 3.36. The van der Waals surface area contributed by atoms with Crippen LogP contribution in [-0.2, 0) is 6.54 Å². The molecule has 7 nitrogen and oxygen atoms in total. The molecule has 1 aliphatic rings. The Labute approximate surface area is 216 Å². The minimum Gasteiger partial charge on any atom is -0.497 e. The van der Waals surface area contributed by atoms with Crippen molar-refractivity contribution in [1.29, 1.82) is 0 Å². The summed E-state index contributed by atoms with van der Waals surface area (Å²) in [6.07, 6.45) is 3.83. The smallest absolute Gasteiger partial charge is 0.156 e. The van der Waals surface area contributed by atoms with Gasteiger partial charge in [0.25, 0.3) is 0 Å². The lowest BCUT2D eigenvalue weighted by Gasteiger charge is -2.32. The summed E-state index contributed by atoms with van der Waals surface area (Å²) < 4.78 is 16.3. The highest BCUT2D eigenvalue weighted by molar-refractivity contribution is 6.00. The lowest BCUT2D eigenvalue weighted by molar-refractivity contribution is 0.211. The molecule has 1 saturated heterocycles. The molecule has 37 heavy (non-hydrogen) atoms. The molecule has 0 bridgehead atoms. The maximum Gasteiger partial charge on any atom is 0.156 e. The number of piperidine rings is 1. The van der Waals surface area contributed by atoms with E-state index in [9.17, 15) is 0 Å². The Kier molecular flexibility index (Phi) is 6.37. The fourth-order valence-electron chi connectivity index (χ4n) is 5.13. The first kappa shape index (κ1) is 23.3. The van der Waals surface area contributed by atoms with Crippen molar-refractivity contribution in [1.82, 2.24) is 15.1 Å². The fourth-order valence-corrected chi connectivity index (χ4v) is 5.13. The van der Waals surface area contributed by atoms with Crippen LogP contribution in [0.4, 0.5) is 5.82 Å². The molecule has 1 fully saturated rings. The number of hydrogen-bond donors (Lipinski definition) is 1. The maximum absolute atomic E-state index is 5.53. The first-order chi connectivity index (χ1) is 18.2. The standard InChI is InChI=1S/C30H30N4O3/c1-35-24-6-4-21(5-7-24)29-26-9-8-25(36-2)18-27(26)30(33-32-29)31-23-11-14-34(15-12-23)19-20-3-10-28-22(17-20)13-16-37-28/h3-10,13,16-18,23H,11-12,14-15,19H2,1-2H3,(H,31,33). The molecule has 0 radical (unpaired) electrons. The largest absolute Gasteiger partial charge is 0.497 e. The van der Waals surface area contributed by atoms with Gasteiger partial charge in [0.2, 0.25) is 0 Å². The zero-order chi connectivity index (χ0) is 25.2. The zero-order valence-corrected chi connectivity index (χ0v) is 21.1. The molecule has 0 unspecified atom stereocenters. The number of fused-ring (bicyclic) bond motifs is 2. The number of ether oxygens (including phenoxy) is 2. The third kappa shape index (κ3) is 4.82. The number of likely N-dealkylation sites (tertiary alicyclic amines) is 1. The van der Waals surface area contributed by atoms with E-state index in [1.54, 1.807) is 20.5 Å². The minimum atomic E-state index is 0.336. The van der Waals surface area contributed by atoms with Crippen molar-refractivity contribution >= 4 is 27.6 Å². The van der Waals surface area contributed by atoms with Gasteiger partial charge in [0.05, 0.1) is 20.5 Å². The van der Waals surface area contributed by atoms with E-state index in [0.717, 1.165) is 82.8 Å². The lowest BCUT2D eigenvalue weighted by Crippen LogP contribution is -2.38. The Morgan fingerprint density at radius 2 is 1.65 bits per heavy atom. The van der Waals surface area contributed by atoms with Gasteiger partial charge in [-0.05, 0) is 79.1 Å². The van der Waals surface area contributed by atoms with Crippen molar-refractivity contribution in [2.45, 2.75) is 25.4 Å². The van der Waals surface area contributed by atoms with E-state index in [0.29, 0.717) is 6.04 Å². The molecule has 5 aromatic rings. The number of nitrogens with one attached hydrogen (secondary N) is 1. The second kappa shape index (κ2) is 10.1. The summed E-state index contributed by atoms with van der Waals surface area (Å²) in [5.41, 5.74) is 4.10. The number of rotatable bonds is 7. The molecule has 3 aromatic carbocycles. The molecule has 1 aliphatic heterocycles. The van der Waals surface area contributed by atoms with Gasteiger partial charge in [-0.2, -0.15) is 0 Å². The van der Waals surface area contributed by atoms with Crippen molar-refractivity contribution < 1.29 is 13.9 Å². The Morgan fingerprint density at radius 1 is 0.865 bits per heavy atom. The van der Waals surface area contributed by atoms with Crippen molar-refractivity contribution in [3.8, 4) is 22.8 Å². The molecule has 0 spiro atoms. The van der Waals surface area contributed by atoms with Crippen LogP contribution in [0, 0.1) is 0 Å². The summed E-state index contributed by atoms with van der Waals surface area (Å²) in [4.78, 5) is 2.51. The van der Waals surface area contributed by atoms with Gasteiger partial charge < -0.3 is 19.2 Å². The van der Waals surface area contributed by atoms with Gasteiger partial charge in [-0.15, -0.1) is 10.2 Å². The predicted molar refractivity (Wildman–Crippen MR) is 146 cm³/mol. The number of benzene rings is 3. The quantitative estimate of drug-likeness (QED) is 0.291. The van der Waals surface area contributed by atoms with E-state index in [1.807, 2.05) is 42.5 Å². The van der Waals surface area contributed by atoms with Crippen LogP contribution in [0.5, 0.6) is 11.5 Å². The maximum atomic E-state index is 5.53. The number of furan rings is 1. The Morgan fingerprint density at radius 3 is 2.43 bits per heavy atom. The van der Waals surface area contributed by atoms with Crippen molar-refractivity contribution in [3.63, 3.8) is 0 Å². The second-order valence-corrected chi connectivity index (χ2v) is 9.52. The predicted octanol–water partition coefficient (Wildman–Crippen LogP) is 6.14.